The molecule has 2 aromatic carbocycles. The number of aliphatic hydroxyl groups excluding tert-OH is 1. The first-order chi connectivity index (χ1) is 21.8. The van der Waals surface area contributed by atoms with Crippen molar-refractivity contribution < 1.29 is 19.0 Å². The molecule has 0 unspecified atom stereocenters. The van der Waals surface area contributed by atoms with Crippen molar-refractivity contribution in [2.75, 3.05) is 32.1 Å². The van der Waals surface area contributed by atoms with Crippen molar-refractivity contribution in [1.29, 1.82) is 0 Å². The normalized spacial score (nSPS) is 16.8. The predicted molar refractivity (Wildman–Crippen MR) is 173 cm³/mol. The molecule has 234 valence electrons. The van der Waals surface area contributed by atoms with Gasteiger partial charge in [-0.15, -0.1) is 0 Å². The number of hydrogen-bond acceptors (Lipinski definition) is 8. The topological polar surface area (TPSA) is 112 Å². The fourth-order valence-electron chi connectivity index (χ4n) is 5.67. The lowest BCUT2D eigenvalue weighted by atomic mass is 10.0. The van der Waals surface area contributed by atoms with Gasteiger partial charge in [-0.05, 0) is 30.7 Å². The molecule has 4 aromatic rings. The number of pyridine rings is 2. The van der Waals surface area contributed by atoms with Gasteiger partial charge in [-0.25, -0.2) is 9.37 Å². The number of halogens is 3. The zero-order chi connectivity index (χ0) is 31.5. The first kappa shape index (κ1) is 31.2. The minimum atomic E-state index is -0.470. The number of aliphatic hydroxyl groups is 1. The standard InChI is InChI=1S/C33H33Cl2FN6O3/c1-45-27-13-19(5-6-20(27)14-37-15-22-7-8-28(44)40-22)32-30(35)25(10-12-38-32)24-3-2-4-26(29(24)34)41-33-31(36)21(9-11-39-33)16-42-17-23(43)18-42/h2-6,9-13,22-23,37,43H,7-8,14-18H2,1H3,(H,39,41)(H,40,44)/t22-/m0/s1. The molecule has 0 saturated carbocycles. The third kappa shape index (κ3) is 6.90. The van der Waals surface area contributed by atoms with Crippen molar-refractivity contribution >= 4 is 40.6 Å². The van der Waals surface area contributed by atoms with E-state index in [0.29, 0.717) is 83.0 Å². The maximum absolute atomic E-state index is 15.4. The van der Waals surface area contributed by atoms with Crippen LogP contribution in [0.4, 0.5) is 15.9 Å². The number of β-amino-alcohol motifs (C(OH)–C–C–N with tert-alkyl or cyclic N) is 1. The Morgan fingerprint density at radius 2 is 1.87 bits per heavy atom. The van der Waals surface area contributed by atoms with Gasteiger partial charge in [0.05, 0.1) is 34.6 Å². The smallest absolute Gasteiger partial charge is 0.220 e. The number of aromatic nitrogens is 2. The molecule has 2 aromatic heterocycles. The van der Waals surface area contributed by atoms with E-state index in [2.05, 4.69) is 25.9 Å². The fraction of sp³-hybridized carbons (Fsp3) is 0.303. The zero-order valence-electron chi connectivity index (χ0n) is 24.6. The van der Waals surface area contributed by atoms with Crippen LogP contribution in [0.25, 0.3) is 22.4 Å². The van der Waals surface area contributed by atoms with Crippen LogP contribution in [0, 0.1) is 5.82 Å². The molecule has 2 saturated heterocycles. The second-order valence-corrected chi connectivity index (χ2v) is 12.0. The minimum absolute atomic E-state index is 0.0591. The van der Waals surface area contributed by atoms with Crippen molar-refractivity contribution in [2.24, 2.45) is 0 Å². The largest absolute Gasteiger partial charge is 0.496 e. The van der Waals surface area contributed by atoms with Gasteiger partial charge in [0, 0.05) is 85.4 Å². The number of rotatable bonds is 11. The number of carbonyl (C=O) groups excluding carboxylic acids is 1. The lowest BCUT2D eigenvalue weighted by molar-refractivity contribution is -0.119. The SMILES string of the molecule is COc1cc(-c2nccc(-c3cccc(Nc4nccc(CN5CC(O)C5)c4F)c3Cl)c2Cl)ccc1CNC[C@@H]1CCC(=O)N1. The molecule has 1 atom stereocenters. The number of carbonyl (C=O) groups is 1. The summed E-state index contributed by atoms with van der Waals surface area (Å²) in [7, 11) is 1.62. The Morgan fingerprint density at radius 3 is 2.62 bits per heavy atom. The first-order valence-corrected chi connectivity index (χ1v) is 15.5. The number of ether oxygens (including phenoxy) is 1. The molecule has 2 aliphatic heterocycles. The van der Waals surface area contributed by atoms with Crippen LogP contribution in [0.15, 0.2) is 60.9 Å². The highest BCUT2D eigenvalue weighted by Gasteiger charge is 2.26. The Balaban J connectivity index is 1.21. The summed E-state index contributed by atoms with van der Waals surface area (Å²) < 4.78 is 21.1. The van der Waals surface area contributed by atoms with E-state index < -0.39 is 5.82 Å². The van der Waals surface area contributed by atoms with Gasteiger partial charge in [0.15, 0.2) is 11.6 Å². The maximum atomic E-state index is 15.4. The lowest BCUT2D eigenvalue weighted by Crippen LogP contribution is -2.49. The molecule has 45 heavy (non-hydrogen) atoms. The maximum Gasteiger partial charge on any atom is 0.220 e. The van der Waals surface area contributed by atoms with Gasteiger partial charge in [0.25, 0.3) is 0 Å². The van der Waals surface area contributed by atoms with E-state index in [1.807, 2.05) is 35.2 Å². The van der Waals surface area contributed by atoms with Crippen LogP contribution in [0.3, 0.4) is 0 Å². The second-order valence-electron chi connectivity index (χ2n) is 11.3. The summed E-state index contributed by atoms with van der Waals surface area (Å²) >= 11 is 13.8. The zero-order valence-corrected chi connectivity index (χ0v) is 26.1. The third-order valence-electron chi connectivity index (χ3n) is 8.08. The second kappa shape index (κ2) is 13.7. The summed E-state index contributed by atoms with van der Waals surface area (Å²) in [5.41, 5.74) is 4.56. The molecule has 2 fully saturated rings. The average Bonchev–Trinajstić information content (AvgIpc) is 3.44. The van der Waals surface area contributed by atoms with Gasteiger partial charge in [0.2, 0.25) is 5.91 Å². The third-order valence-corrected chi connectivity index (χ3v) is 8.87. The molecule has 12 heteroatoms. The molecule has 0 bridgehead atoms. The van der Waals surface area contributed by atoms with Crippen LogP contribution in [-0.4, -0.2) is 64.8 Å². The highest BCUT2D eigenvalue weighted by atomic mass is 35.5. The van der Waals surface area contributed by atoms with E-state index in [0.717, 1.165) is 17.5 Å². The van der Waals surface area contributed by atoms with Crippen LogP contribution in [0.5, 0.6) is 5.75 Å². The van der Waals surface area contributed by atoms with E-state index >= 15 is 4.39 Å². The Kier molecular flexibility index (Phi) is 9.48. The molecule has 0 radical (unpaired) electrons. The highest BCUT2D eigenvalue weighted by Crippen LogP contribution is 2.42. The van der Waals surface area contributed by atoms with E-state index in [1.165, 1.54) is 0 Å². The van der Waals surface area contributed by atoms with Crippen LogP contribution in [0.2, 0.25) is 10.0 Å². The summed E-state index contributed by atoms with van der Waals surface area (Å²) in [5, 5.41) is 19.7. The first-order valence-electron chi connectivity index (χ1n) is 14.7. The van der Waals surface area contributed by atoms with E-state index in [9.17, 15) is 9.90 Å². The number of nitrogens with zero attached hydrogens (tertiary/aromatic N) is 3. The summed E-state index contributed by atoms with van der Waals surface area (Å²) in [6.45, 7) is 2.67. The Bertz CT molecular complexity index is 1720. The van der Waals surface area contributed by atoms with Gasteiger partial charge >= 0.3 is 0 Å². The molecular weight excluding hydrogens is 618 g/mol. The van der Waals surface area contributed by atoms with Crippen molar-refractivity contribution in [2.45, 2.75) is 38.1 Å². The molecule has 2 aliphatic rings. The summed E-state index contributed by atoms with van der Waals surface area (Å²) in [4.78, 5) is 22.2. The van der Waals surface area contributed by atoms with Crippen LogP contribution < -0.4 is 20.7 Å². The quantitative estimate of drug-likeness (QED) is 0.167. The van der Waals surface area contributed by atoms with E-state index in [1.54, 1.807) is 37.7 Å². The van der Waals surface area contributed by atoms with Crippen LogP contribution in [0.1, 0.15) is 24.0 Å². The molecule has 6 rings (SSSR count). The summed E-state index contributed by atoms with van der Waals surface area (Å²) in [6, 6.07) is 14.8. The molecule has 9 nitrogen and oxygen atoms in total. The predicted octanol–water partition coefficient (Wildman–Crippen LogP) is 5.55. The van der Waals surface area contributed by atoms with Gasteiger partial charge in [-0.1, -0.05) is 47.5 Å². The van der Waals surface area contributed by atoms with Gasteiger partial charge in [-0.3, -0.25) is 14.7 Å². The molecule has 4 heterocycles. The van der Waals surface area contributed by atoms with Gasteiger partial charge < -0.3 is 25.8 Å². The number of methoxy groups -OCH3 is 1. The number of nitrogens with one attached hydrogen (secondary N) is 3. The molecule has 4 N–H and O–H groups in total. The highest BCUT2D eigenvalue weighted by molar-refractivity contribution is 6.39. The average molecular weight is 652 g/mol. The summed E-state index contributed by atoms with van der Waals surface area (Å²) in [6.07, 6.45) is 4.25. The number of likely N-dealkylation sites (tertiary alicyclic amines) is 1. The molecular formula is C33H33Cl2FN6O3. The Morgan fingerprint density at radius 1 is 1.07 bits per heavy atom. The van der Waals surface area contributed by atoms with Crippen LogP contribution in [-0.2, 0) is 17.9 Å². The summed E-state index contributed by atoms with van der Waals surface area (Å²) in [5.74, 6) is 0.368. The van der Waals surface area contributed by atoms with E-state index in [-0.39, 0.29) is 23.9 Å². The van der Waals surface area contributed by atoms with Crippen molar-refractivity contribution in [1.82, 2.24) is 25.5 Å². The number of amides is 1. The number of anilines is 2. The van der Waals surface area contributed by atoms with Gasteiger partial charge in [0.1, 0.15) is 5.75 Å². The Hall–Kier alpha value is -3.80. The van der Waals surface area contributed by atoms with Gasteiger partial charge in [-0.2, -0.15) is 0 Å². The number of benzene rings is 2. The molecule has 1 amide bonds. The fourth-order valence-corrected chi connectivity index (χ4v) is 6.27. The van der Waals surface area contributed by atoms with Crippen molar-refractivity contribution in [3.8, 4) is 28.1 Å². The molecule has 0 aliphatic carbocycles. The minimum Gasteiger partial charge on any atom is -0.496 e. The number of hydrogen-bond donors (Lipinski definition) is 4. The van der Waals surface area contributed by atoms with Crippen LogP contribution >= 0.6 is 23.2 Å². The van der Waals surface area contributed by atoms with E-state index in [4.69, 9.17) is 27.9 Å². The van der Waals surface area contributed by atoms with Crippen molar-refractivity contribution in [3.05, 3.63) is 87.9 Å². The lowest BCUT2D eigenvalue weighted by Gasteiger charge is -2.35. The monoisotopic (exact) mass is 650 g/mol. The van der Waals surface area contributed by atoms with Crippen molar-refractivity contribution in [3.63, 3.8) is 0 Å². The Labute approximate surface area is 270 Å². The molecule has 0 spiro atoms.